The molecule has 2 atom stereocenters. The van der Waals surface area contributed by atoms with Gasteiger partial charge in [0.1, 0.15) is 11.6 Å². The first-order chi connectivity index (χ1) is 20.2. The lowest BCUT2D eigenvalue weighted by Gasteiger charge is -2.15. The average Bonchev–Trinajstić information content (AvgIpc) is 3.92. The highest BCUT2D eigenvalue weighted by Gasteiger charge is 2.34. The molecule has 0 bridgehead atoms. The highest BCUT2D eigenvalue weighted by atomic mass is 35.5. The topological polar surface area (TPSA) is 86.2 Å². The lowest BCUT2D eigenvalue weighted by molar-refractivity contribution is 0.102. The largest absolute Gasteiger partial charge is 0.324 e. The lowest BCUT2D eigenvalue weighted by atomic mass is 9.96. The number of hydrogen-bond donors (Lipinski definition) is 2. The minimum atomic E-state index is -0.587. The Morgan fingerprint density at radius 2 is 0.929 bits per heavy atom. The highest BCUT2D eigenvalue weighted by Crippen LogP contribution is 2.42. The molecule has 0 amide bonds. The Morgan fingerprint density at radius 3 is 1.24 bits per heavy atom. The minimum Gasteiger partial charge on any atom is -0.324 e. The molecule has 0 saturated heterocycles. The average molecular weight is 608 g/mol. The van der Waals surface area contributed by atoms with Crippen LogP contribution in [-0.4, -0.2) is 11.6 Å². The first kappa shape index (κ1) is 30.1. The first-order valence-electron chi connectivity index (χ1n) is 13.9. The number of nitrogens with two attached hydrogens (primary N) is 2. The van der Waals surface area contributed by atoms with Crippen LogP contribution in [0.15, 0.2) is 84.9 Å². The zero-order valence-electron chi connectivity index (χ0n) is 22.7. The molecule has 2 aliphatic carbocycles. The molecule has 6 rings (SSSR count). The van der Waals surface area contributed by atoms with Gasteiger partial charge in [-0.1, -0.05) is 96.0 Å². The Bertz CT molecular complexity index is 1490. The van der Waals surface area contributed by atoms with Crippen LogP contribution in [0, 0.1) is 23.5 Å². The molecule has 4 aromatic rings. The Morgan fingerprint density at radius 1 is 0.595 bits per heavy atom. The molecule has 4 nitrogen and oxygen atoms in total. The fourth-order valence-corrected chi connectivity index (χ4v) is 5.42. The predicted molar refractivity (Wildman–Crippen MR) is 162 cm³/mol. The normalized spacial score (nSPS) is 15.8. The summed E-state index contributed by atoms with van der Waals surface area (Å²) in [6, 6.07) is 22.7. The number of halogens is 4. The molecule has 0 aliphatic heterocycles. The Labute approximate surface area is 253 Å². The van der Waals surface area contributed by atoms with E-state index in [1.165, 1.54) is 0 Å². The van der Waals surface area contributed by atoms with Crippen molar-refractivity contribution in [2.24, 2.45) is 23.3 Å². The number of benzene rings is 4. The molecule has 0 heterocycles. The maximum absolute atomic E-state index is 14.7. The summed E-state index contributed by atoms with van der Waals surface area (Å²) in [5, 5.41) is 0.237. The van der Waals surface area contributed by atoms with Crippen LogP contribution in [0.25, 0.3) is 0 Å². The Kier molecular flexibility index (Phi) is 9.19. The van der Waals surface area contributed by atoms with Crippen molar-refractivity contribution < 1.29 is 18.4 Å². The van der Waals surface area contributed by atoms with Crippen LogP contribution in [0.2, 0.25) is 10.0 Å². The fraction of sp³-hybridized carbons (Fsp3) is 0.235. The van der Waals surface area contributed by atoms with Crippen LogP contribution in [0.4, 0.5) is 8.78 Å². The molecule has 0 spiro atoms. The van der Waals surface area contributed by atoms with E-state index in [0.717, 1.165) is 25.7 Å². The van der Waals surface area contributed by atoms with E-state index in [0.29, 0.717) is 34.1 Å². The second-order valence-electron chi connectivity index (χ2n) is 10.8. The third-order valence-corrected chi connectivity index (χ3v) is 8.38. The van der Waals surface area contributed by atoms with Crippen LogP contribution in [-0.2, 0) is 0 Å². The van der Waals surface area contributed by atoms with E-state index in [1.807, 2.05) is 0 Å². The minimum absolute atomic E-state index is 0.0866. The molecule has 4 aromatic carbocycles. The molecular formula is C34H30Cl2F2N2O2. The summed E-state index contributed by atoms with van der Waals surface area (Å²) in [5.41, 5.74) is 13.5. The maximum atomic E-state index is 14.7. The first-order valence-corrected chi connectivity index (χ1v) is 14.6. The van der Waals surface area contributed by atoms with Gasteiger partial charge in [-0.25, -0.2) is 8.78 Å². The van der Waals surface area contributed by atoms with Crippen molar-refractivity contribution in [3.05, 3.63) is 140 Å². The number of ketones is 2. The van der Waals surface area contributed by atoms with Crippen LogP contribution < -0.4 is 11.5 Å². The molecule has 2 fully saturated rings. The van der Waals surface area contributed by atoms with E-state index in [-0.39, 0.29) is 33.3 Å². The monoisotopic (exact) mass is 606 g/mol. The molecule has 216 valence electrons. The van der Waals surface area contributed by atoms with Gasteiger partial charge in [0.25, 0.3) is 0 Å². The maximum Gasteiger partial charge on any atom is 0.197 e. The van der Waals surface area contributed by atoms with Crippen molar-refractivity contribution in [3.8, 4) is 0 Å². The van der Waals surface area contributed by atoms with Crippen LogP contribution >= 0.6 is 23.2 Å². The molecular weight excluding hydrogens is 577 g/mol. The number of rotatable bonds is 8. The standard InChI is InChI=1S/2C17H15ClFNO/c2*18-13-9-8-12(16(20)10-6-7-10)15(19)14(13)17(21)11-4-2-1-3-5-11/h2*1-5,8-10,16H,6-7,20H2/t2*16-/m11/s1. The van der Waals surface area contributed by atoms with Crippen molar-refractivity contribution in [1.82, 2.24) is 0 Å². The fourth-order valence-electron chi connectivity index (χ4n) is 4.95. The van der Waals surface area contributed by atoms with Crippen molar-refractivity contribution in [2.45, 2.75) is 37.8 Å². The van der Waals surface area contributed by atoms with Gasteiger partial charge >= 0.3 is 0 Å². The molecule has 8 heteroatoms. The zero-order valence-corrected chi connectivity index (χ0v) is 24.2. The van der Waals surface area contributed by atoms with Crippen molar-refractivity contribution in [2.75, 3.05) is 0 Å². The number of carbonyl (C=O) groups is 2. The third-order valence-electron chi connectivity index (χ3n) is 7.75. The Balaban J connectivity index is 0.000000168. The summed E-state index contributed by atoms with van der Waals surface area (Å²) in [6.45, 7) is 0. The molecule has 0 aromatic heterocycles. The third kappa shape index (κ3) is 6.47. The number of hydrogen-bond acceptors (Lipinski definition) is 4. The quantitative estimate of drug-likeness (QED) is 0.198. The summed E-state index contributed by atoms with van der Waals surface area (Å²) >= 11 is 12.1. The molecule has 4 N–H and O–H groups in total. The smallest absolute Gasteiger partial charge is 0.197 e. The molecule has 2 saturated carbocycles. The summed E-state index contributed by atoms with van der Waals surface area (Å²) in [5.74, 6) is -1.39. The Hall–Kier alpha value is -3.42. The van der Waals surface area contributed by atoms with Gasteiger partial charge in [0.15, 0.2) is 11.6 Å². The van der Waals surface area contributed by atoms with E-state index in [9.17, 15) is 18.4 Å². The van der Waals surface area contributed by atoms with Gasteiger partial charge in [0.05, 0.1) is 21.2 Å². The van der Waals surface area contributed by atoms with Gasteiger partial charge in [-0.05, 0) is 49.7 Å². The van der Waals surface area contributed by atoms with Crippen molar-refractivity contribution >= 4 is 34.8 Å². The molecule has 2 aliphatic rings. The SMILES string of the molecule is N[C@@H](c1ccc(Cl)c(C(=O)c2ccccc2)c1F)C1CC1.N[C@@H](c1ccc(Cl)c(C(=O)c2ccccc2)c1F)C1CC1. The highest BCUT2D eigenvalue weighted by molar-refractivity contribution is 6.35. The van der Waals surface area contributed by atoms with Crippen LogP contribution in [0.3, 0.4) is 0 Å². The summed E-state index contributed by atoms with van der Waals surface area (Å²) < 4.78 is 29.4. The van der Waals surface area contributed by atoms with Gasteiger partial charge in [0, 0.05) is 34.3 Å². The summed E-state index contributed by atoms with van der Waals surface area (Å²) in [6.07, 6.45) is 4.02. The van der Waals surface area contributed by atoms with Gasteiger partial charge in [-0.15, -0.1) is 0 Å². The molecule has 0 radical (unpaired) electrons. The zero-order chi connectivity index (χ0) is 30.0. The predicted octanol–water partition coefficient (Wildman–Crippen LogP) is 8.24. The van der Waals surface area contributed by atoms with E-state index < -0.39 is 23.2 Å². The molecule has 42 heavy (non-hydrogen) atoms. The second kappa shape index (κ2) is 12.8. The van der Waals surface area contributed by atoms with Gasteiger partial charge in [-0.3, -0.25) is 9.59 Å². The molecule has 0 unspecified atom stereocenters. The second-order valence-corrected chi connectivity index (χ2v) is 11.6. The van der Waals surface area contributed by atoms with E-state index in [4.69, 9.17) is 34.7 Å². The van der Waals surface area contributed by atoms with Gasteiger partial charge in [-0.2, -0.15) is 0 Å². The van der Waals surface area contributed by atoms with Crippen LogP contribution in [0.5, 0.6) is 0 Å². The number of carbonyl (C=O) groups excluding carboxylic acids is 2. The van der Waals surface area contributed by atoms with Crippen molar-refractivity contribution in [3.63, 3.8) is 0 Å². The lowest BCUT2D eigenvalue weighted by Crippen LogP contribution is -2.17. The van der Waals surface area contributed by atoms with Gasteiger partial charge in [0.2, 0.25) is 0 Å². The summed E-state index contributed by atoms with van der Waals surface area (Å²) in [4.78, 5) is 25.0. The summed E-state index contributed by atoms with van der Waals surface area (Å²) in [7, 11) is 0. The van der Waals surface area contributed by atoms with Crippen LogP contribution in [0.1, 0.15) is 80.7 Å². The van der Waals surface area contributed by atoms with E-state index in [2.05, 4.69) is 0 Å². The van der Waals surface area contributed by atoms with E-state index >= 15 is 0 Å². The van der Waals surface area contributed by atoms with E-state index in [1.54, 1.807) is 84.9 Å². The van der Waals surface area contributed by atoms with Gasteiger partial charge < -0.3 is 11.5 Å². The van der Waals surface area contributed by atoms with Crippen molar-refractivity contribution in [1.29, 1.82) is 0 Å².